The van der Waals surface area contributed by atoms with Crippen LogP contribution in [-0.2, 0) is 9.59 Å². The lowest BCUT2D eigenvalue weighted by molar-refractivity contribution is -0.184. The minimum Gasteiger partial charge on any atom is -0.393 e. The van der Waals surface area contributed by atoms with Gasteiger partial charge in [-0.2, -0.15) is 0 Å². The van der Waals surface area contributed by atoms with Crippen LogP contribution in [0, 0.1) is 34.5 Å². The monoisotopic (exact) mass is 348 g/mol. The molecule has 8 atom stereocenters. The Bertz CT molecular complexity index is 615. The highest BCUT2D eigenvalue weighted by Crippen LogP contribution is 2.68. The van der Waals surface area contributed by atoms with Crippen LogP contribution in [0.3, 0.4) is 0 Å². The second-order valence-corrected chi connectivity index (χ2v) is 9.95. The Morgan fingerprint density at radius 3 is 2.44 bits per heavy atom. The average Bonchev–Trinajstić information content (AvgIpc) is 2.83. The second kappa shape index (κ2) is 5.39. The van der Waals surface area contributed by atoms with E-state index < -0.39 is 11.7 Å². The molecule has 0 radical (unpaired) electrons. The van der Waals surface area contributed by atoms with Crippen LogP contribution >= 0.6 is 0 Å². The molecule has 2 N–H and O–H groups in total. The van der Waals surface area contributed by atoms with Gasteiger partial charge >= 0.3 is 0 Å². The largest absolute Gasteiger partial charge is 0.393 e. The topological polar surface area (TPSA) is 74.6 Å². The smallest absolute Gasteiger partial charge is 0.161 e. The fourth-order valence-electron chi connectivity index (χ4n) is 7.68. The molecular formula is C21H32O4. The van der Waals surface area contributed by atoms with E-state index in [1.165, 1.54) is 6.92 Å². The molecule has 0 aliphatic heterocycles. The molecule has 0 aromatic carbocycles. The van der Waals surface area contributed by atoms with E-state index in [9.17, 15) is 19.8 Å². The number of carbonyl (C=O) groups excluding carboxylic acids is 2. The molecule has 4 nitrogen and oxygen atoms in total. The lowest BCUT2D eigenvalue weighted by Crippen LogP contribution is -2.60. The van der Waals surface area contributed by atoms with E-state index >= 15 is 0 Å². The summed E-state index contributed by atoms with van der Waals surface area (Å²) in [6, 6.07) is 0. The third-order valence-electron chi connectivity index (χ3n) is 9.23. The van der Waals surface area contributed by atoms with E-state index in [0.29, 0.717) is 42.8 Å². The van der Waals surface area contributed by atoms with Gasteiger partial charge in [0.05, 0.1) is 6.10 Å². The van der Waals surface area contributed by atoms with Crippen LogP contribution in [0.5, 0.6) is 0 Å². The maximum Gasteiger partial charge on any atom is 0.161 e. The van der Waals surface area contributed by atoms with Crippen LogP contribution < -0.4 is 0 Å². The molecule has 4 fully saturated rings. The first-order chi connectivity index (χ1) is 11.6. The van der Waals surface area contributed by atoms with E-state index in [1.54, 1.807) is 0 Å². The molecule has 4 aliphatic carbocycles. The van der Waals surface area contributed by atoms with E-state index in [2.05, 4.69) is 13.8 Å². The van der Waals surface area contributed by atoms with Gasteiger partial charge in [-0.1, -0.05) is 13.8 Å². The molecule has 4 aliphatic rings. The standard InChI is InChI=1S/C21H32O4/c1-12(22)21(25)9-6-16-14-11-18(24)17-10-13(23)4-7-19(17,2)15(14)5-8-20(16,21)3/h14-18,24-25H,4-11H2,1-3H3/t14-,15+,16+,17+,18+,19-,20+,21+/m1/s1. The van der Waals surface area contributed by atoms with Crippen LogP contribution in [0.4, 0.5) is 0 Å². The average molecular weight is 348 g/mol. The Kier molecular flexibility index (Phi) is 3.81. The number of hydrogen-bond acceptors (Lipinski definition) is 4. The summed E-state index contributed by atoms with van der Waals surface area (Å²) < 4.78 is 0. The van der Waals surface area contributed by atoms with Gasteiger partial charge in [0, 0.05) is 18.3 Å². The lowest BCUT2D eigenvalue weighted by atomic mass is 9.43. The number of rotatable bonds is 1. The quantitative estimate of drug-likeness (QED) is 0.764. The SMILES string of the molecule is CC(=O)[C@@]1(O)CC[C@H]2[C@@H]3C[C@H](O)[C@@H]4CC(=O)CC[C@]4(C)[C@H]3CC[C@@]21C. The first kappa shape index (κ1) is 17.7. The third kappa shape index (κ3) is 2.13. The van der Waals surface area contributed by atoms with Crippen molar-refractivity contribution >= 4 is 11.6 Å². The van der Waals surface area contributed by atoms with Gasteiger partial charge in [-0.25, -0.2) is 0 Å². The number of aliphatic hydroxyl groups is 2. The van der Waals surface area contributed by atoms with Crippen molar-refractivity contribution in [2.45, 2.75) is 83.8 Å². The van der Waals surface area contributed by atoms with Crippen molar-refractivity contribution in [2.24, 2.45) is 34.5 Å². The Morgan fingerprint density at radius 2 is 1.76 bits per heavy atom. The van der Waals surface area contributed by atoms with Crippen LogP contribution in [0.1, 0.15) is 72.1 Å². The van der Waals surface area contributed by atoms with Gasteiger partial charge in [0.2, 0.25) is 0 Å². The van der Waals surface area contributed by atoms with E-state index in [0.717, 1.165) is 32.1 Å². The summed E-state index contributed by atoms with van der Waals surface area (Å²) in [5.74, 6) is 1.45. The number of ketones is 2. The van der Waals surface area contributed by atoms with Crippen molar-refractivity contribution in [3.05, 3.63) is 0 Å². The van der Waals surface area contributed by atoms with Gasteiger partial charge < -0.3 is 10.2 Å². The molecule has 4 rings (SSSR count). The van der Waals surface area contributed by atoms with Gasteiger partial charge in [0.25, 0.3) is 0 Å². The number of aliphatic hydroxyl groups excluding tert-OH is 1. The minimum absolute atomic E-state index is 0.0223. The maximum absolute atomic E-state index is 12.2. The molecule has 4 saturated carbocycles. The number of fused-ring (bicyclic) bond motifs is 5. The maximum atomic E-state index is 12.2. The summed E-state index contributed by atoms with van der Waals surface area (Å²) in [5.41, 5.74) is -1.55. The van der Waals surface area contributed by atoms with Crippen LogP contribution in [-0.4, -0.2) is 33.5 Å². The zero-order chi connectivity index (χ0) is 18.2. The fourth-order valence-corrected chi connectivity index (χ4v) is 7.68. The molecule has 25 heavy (non-hydrogen) atoms. The molecule has 0 unspecified atom stereocenters. The molecule has 4 heteroatoms. The zero-order valence-corrected chi connectivity index (χ0v) is 15.8. The summed E-state index contributed by atoms with van der Waals surface area (Å²) in [6.07, 6.45) is 5.66. The summed E-state index contributed by atoms with van der Waals surface area (Å²) >= 11 is 0. The Labute approximate surface area is 150 Å². The summed E-state index contributed by atoms with van der Waals surface area (Å²) in [5, 5.41) is 22.0. The van der Waals surface area contributed by atoms with Gasteiger partial charge in [0.1, 0.15) is 11.4 Å². The van der Waals surface area contributed by atoms with Crippen LogP contribution in [0.15, 0.2) is 0 Å². The Balaban J connectivity index is 1.69. The molecule has 0 amide bonds. The van der Waals surface area contributed by atoms with Crippen molar-refractivity contribution in [3.63, 3.8) is 0 Å². The third-order valence-corrected chi connectivity index (χ3v) is 9.23. The van der Waals surface area contributed by atoms with E-state index in [4.69, 9.17) is 0 Å². The molecule has 0 saturated heterocycles. The van der Waals surface area contributed by atoms with Gasteiger partial charge in [0.15, 0.2) is 5.78 Å². The molecule has 140 valence electrons. The molecule has 0 aromatic heterocycles. The molecule has 0 heterocycles. The van der Waals surface area contributed by atoms with Crippen molar-refractivity contribution in [3.8, 4) is 0 Å². The minimum atomic E-state index is -1.20. The number of Topliss-reactive ketones (excluding diaryl/α,β-unsaturated/α-hetero) is 2. The highest BCUT2D eigenvalue weighted by Gasteiger charge is 2.67. The normalized spacial score (nSPS) is 55.2. The number of hydrogen-bond donors (Lipinski definition) is 2. The lowest BCUT2D eigenvalue weighted by Gasteiger charge is -2.61. The summed E-state index contributed by atoms with van der Waals surface area (Å²) in [7, 11) is 0. The van der Waals surface area contributed by atoms with E-state index in [-0.39, 0.29) is 22.5 Å². The van der Waals surface area contributed by atoms with Crippen molar-refractivity contribution in [1.82, 2.24) is 0 Å². The predicted octanol–water partition coefficient (Wildman–Crippen LogP) is 2.89. The second-order valence-electron chi connectivity index (χ2n) is 9.95. The van der Waals surface area contributed by atoms with Gasteiger partial charge in [-0.15, -0.1) is 0 Å². The molecular weight excluding hydrogens is 316 g/mol. The highest BCUT2D eigenvalue weighted by molar-refractivity contribution is 5.86. The predicted molar refractivity (Wildman–Crippen MR) is 93.8 cm³/mol. The van der Waals surface area contributed by atoms with Crippen molar-refractivity contribution in [1.29, 1.82) is 0 Å². The summed E-state index contributed by atoms with van der Waals surface area (Å²) in [6.45, 7) is 5.92. The van der Waals surface area contributed by atoms with Crippen LogP contribution in [0.25, 0.3) is 0 Å². The van der Waals surface area contributed by atoms with Crippen molar-refractivity contribution in [2.75, 3.05) is 0 Å². The highest BCUT2D eigenvalue weighted by atomic mass is 16.3. The number of carbonyl (C=O) groups is 2. The molecule has 0 bridgehead atoms. The Morgan fingerprint density at radius 1 is 1.08 bits per heavy atom. The zero-order valence-electron chi connectivity index (χ0n) is 15.8. The fraction of sp³-hybridized carbons (Fsp3) is 0.905. The van der Waals surface area contributed by atoms with Crippen LogP contribution in [0.2, 0.25) is 0 Å². The summed E-state index contributed by atoms with van der Waals surface area (Å²) in [4.78, 5) is 24.2. The molecule has 0 spiro atoms. The van der Waals surface area contributed by atoms with Crippen molar-refractivity contribution < 1.29 is 19.8 Å². The van der Waals surface area contributed by atoms with E-state index in [1.807, 2.05) is 0 Å². The Hall–Kier alpha value is -0.740. The van der Waals surface area contributed by atoms with Gasteiger partial charge in [-0.3, -0.25) is 9.59 Å². The first-order valence-electron chi connectivity index (χ1n) is 10.1. The van der Waals surface area contributed by atoms with Gasteiger partial charge in [-0.05, 0) is 74.5 Å². The molecule has 0 aromatic rings. The first-order valence-corrected chi connectivity index (χ1v) is 10.1.